The maximum atomic E-state index is 8.88. The topological polar surface area (TPSA) is 55.5 Å². The predicted octanol–water partition coefficient (Wildman–Crippen LogP) is 4.62. The zero-order chi connectivity index (χ0) is 15.3. The number of aliphatic hydroxyl groups is 1. The first-order valence-electron chi connectivity index (χ1n) is 8.37. The molecule has 1 rings (SSSR count). The van der Waals surface area contributed by atoms with E-state index in [0.717, 1.165) is 24.3 Å². The highest BCUT2D eigenvalue weighted by Crippen LogP contribution is 2.18. The normalized spacial score (nSPS) is 11.8. The number of nitrogens with two attached hydrogens (primary N) is 1. The summed E-state index contributed by atoms with van der Waals surface area (Å²) in [5, 5.41) is 8.88. The summed E-state index contributed by atoms with van der Waals surface area (Å²) in [6.07, 6.45) is 9.68. The van der Waals surface area contributed by atoms with Gasteiger partial charge in [0.05, 0.1) is 6.61 Å². The highest BCUT2D eigenvalue weighted by atomic mass is 35.5. The first-order chi connectivity index (χ1) is 10.3. The molecule has 0 radical (unpaired) electrons. The van der Waals surface area contributed by atoms with Gasteiger partial charge in [0.2, 0.25) is 0 Å². The van der Waals surface area contributed by atoms with Gasteiger partial charge in [-0.3, -0.25) is 0 Å². The average Bonchev–Trinajstić information content (AvgIpc) is 2.51. The summed E-state index contributed by atoms with van der Waals surface area (Å²) < 4.78 is 5.74. The fraction of sp³-hybridized carbons (Fsp3) is 0.667. The summed E-state index contributed by atoms with van der Waals surface area (Å²) in [6.45, 7) is 3.16. The van der Waals surface area contributed by atoms with Gasteiger partial charge in [0.1, 0.15) is 5.75 Å². The highest BCUT2D eigenvalue weighted by Gasteiger charge is 2.04. The van der Waals surface area contributed by atoms with Crippen LogP contribution in [0, 0.1) is 0 Å². The molecule has 0 aliphatic heterocycles. The largest absolute Gasteiger partial charge is 0.494 e. The van der Waals surface area contributed by atoms with Crippen LogP contribution in [0.4, 0.5) is 0 Å². The SMILES string of the molecule is CCCCCCCCCOc1ccc(C(N)CCO)cc1.Cl. The second kappa shape index (κ2) is 13.9. The van der Waals surface area contributed by atoms with E-state index in [2.05, 4.69) is 6.92 Å². The van der Waals surface area contributed by atoms with Crippen LogP contribution < -0.4 is 10.5 Å². The molecule has 22 heavy (non-hydrogen) atoms. The van der Waals surface area contributed by atoms with E-state index in [1.165, 1.54) is 38.5 Å². The van der Waals surface area contributed by atoms with Crippen LogP contribution in [-0.2, 0) is 0 Å². The lowest BCUT2D eigenvalue weighted by molar-refractivity contribution is 0.276. The summed E-state index contributed by atoms with van der Waals surface area (Å²) in [4.78, 5) is 0. The Hall–Kier alpha value is -0.770. The van der Waals surface area contributed by atoms with E-state index >= 15 is 0 Å². The smallest absolute Gasteiger partial charge is 0.119 e. The zero-order valence-electron chi connectivity index (χ0n) is 13.8. The van der Waals surface area contributed by atoms with Crippen molar-refractivity contribution < 1.29 is 9.84 Å². The molecule has 0 saturated heterocycles. The molecule has 1 aromatic rings. The Labute approximate surface area is 141 Å². The second-order valence-electron chi connectivity index (χ2n) is 5.66. The summed E-state index contributed by atoms with van der Waals surface area (Å²) in [5.74, 6) is 0.904. The van der Waals surface area contributed by atoms with Crippen LogP contribution in [0.1, 0.15) is 69.9 Å². The molecule has 1 aromatic carbocycles. The van der Waals surface area contributed by atoms with Crippen LogP contribution in [0.2, 0.25) is 0 Å². The number of aliphatic hydroxyl groups excluding tert-OH is 1. The van der Waals surface area contributed by atoms with Gasteiger partial charge in [-0.25, -0.2) is 0 Å². The van der Waals surface area contributed by atoms with Gasteiger partial charge < -0.3 is 15.6 Å². The van der Waals surface area contributed by atoms with E-state index in [0.29, 0.717) is 6.42 Å². The van der Waals surface area contributed by atoms with Gasteiger partial charge in [-0.05, 0) is 30.5 Å². The van der Waals surface area contributed by atoms with Gasteiger partial charge in [-0.15, -0.1) is 12.4 Å². The molecule has 0 amide bonds. The van der Waals surface area contributed by atoms with Crippen molar-refractivity contribution in [3.8, 4) is 5.75 Å². The van der Waals surface area contributed by atoms with Gasteiger partial charge in [-0.2, -0.15) is 0 Å². The van der Waals surface area contributed by atoms with E-state index in [1.807, 2.05) is 24.3 Å². The zero-order valence-corrected chi connectivity index (χ0v) is 14.6. The number of unbranched alkanes of at least 4 members (excludes halogenated alkanes) is 6. The molecule has 0 fully saturated rings. The Bertz CT molecular complexity index is 357. The summed E-state index contributed by atoms with van der Waals surface area (Å²) in [5.41, 5.74) is 6.99. The van der Waals surface area contributed by atoms with Gasteiger partial charge in [0.25, 0.3) is 0 Å². The molecule has 0 saturated carbocycles. The van der Waals surface area contributed by atoms with E-state index in [1.54, 1.807) is 0 Å². The number of rotatable bonds is 12. The van der Waals surface area contributed by atoms with E-state index in [9.17, 15) is 0 Å². The van der Waals surface area contributed by atoms with E-state index in [4.69, 9.17) is 15.6 Å². The molecular weight excluding hydrogens is 298 g/mol. The number of hydrogen-bond donors (Lipinski definition) is 2. The first-order valence-corrected chi connectivity index (χ1v) is 8.37. The minimum atomic E-state index is -0.0906. The second-order valence-corrected chi connectivity index (χ2v) is 5.66. The van der Waals surface area contributed by atoms with Crippen LogP contribution in [0.25, 0.3) is 0 Å². The Balaban J connectivity index is 0.00000441. The van der Waals surface area contributed by atoms with Crippen LogP contribution in [0.5, 0.6) is 5.75 Å². The molecule has 1 atom stereocenters. The molecular formula is C18H32ClNO2. The Morgan fingerprint density at radius 3 is 2.18 bits per heavy atom. The maximum absolute atomic E-state index is 8.88. The Morgan fingerprint density at radius 1 is 1.00 bits per heavy atom. The molecule has 3 nitrogen and oxygen atoms in total. The molecule has 128 valence electrons. The third-order valence-electron chi connectivity index (χ3n) is 3.76. The number of hydrogen-bond acceptors (Lipinski definition) is 3. The van der Waals surface area contributed by atoms with Crippen molar-refractivity contribution in [1.29, 1.82) is 0 Å². The Kier molecular flexibility index (Phi) is 13.4. The first kappa shape index (κ1) is 21.2. The van der Waals surface area contributed by atoms with Crippen LogP contribution in [0.3, 0.4) is 0 Å². The van der Waals surface area contributed by atoms with Crippen molar-refractivity contribution in [2.24, 2.45) is 5.73 Å². The molecule has 0 spiro atoms. The van der Waals surface area contributed by atoms with E-state index < -0.39 is 0 Å². The fourth-order valence-electron chi connectivity index (χ4n) is 2.37. The summed E-state index contributed by atoms with van der Waals surface area (Å²) in [6, 6.07) is 7.81. The lowest BCUT2D eigenvalue weighted by Crippen LogP contribution is -2.11. The van der Waals surface area contributed by atoms with Gasteiger partial charge in [-0.1, -0.05) is 57.6 Å². The van der Waals surface area contributed by atoms with Gasteiger partial charge in [0, 0.05) is 12.6 Å². The van der Waals surface area contributed by atoms with Crippen molar-refractivity contribution in [1.82, 2.24) is 0 Å². The number of halogens is 1. The molecule has 0 aliphatic carbocycles. The third kappa shape index (κ3) is 9.29. The standard InChI is InChI=1S/C18H31NO2.ClH/c1-2-3-4-5-6-7-8-15-21-17-11-9-16(10-12-17)18(19)13-14-20;/h9-12,18,20H,2-8,13-15,19H2,1H3;1H. The average molecular weight is 330 g/mol. The molecule has 3 N–H and O–H groups in total. The third-order valence-corrected chi connectivity index (χ3v) is 3.76. The number of benzene rings is 1. The predicted molar refractivity (Wildman–Crippen MR) is 95.8 cm³/mol. The summed E-state index contributed by atoms with van der Waals surface area (Å²) in [7, 11) is 0. The molecule has 0 aromatic heterocycles. The highest BCUT2D eigenvalue weighted by molar-refractivity contribution is 5.85. The van der Waals surface area contributed by atoms with Crippen LogP contribution in [-0.4, -0.2) is 18.3 Å². The maximum Gasteiger partial charge on any atom is 0.119 e. The minimum absolute atomic E-state index is 0. The fourth-order valence-corrected chi connectivity index (χ4v) is 2.37. The van der Waals surface area contributed by atoms with Gasteiger partial charge in [0.15, 0.2) is 0 Å². The van der Waals surface area contributed by atoms with Crippen molar-refractivity contribution >= 4 is 12.4 Å². The van der Waals surface area contributed by atoms with Crippen molar-refractivity contribution in [2.75, 3.05) is 13.2 Å². The van der Waals surface area contributed by atoms with E-state index in [-0.39, 0.29) is 25.1 Å². The Morgan fingerprint density at radius 2 is 1.59 bits per heavy atom. The van der Waals surface area contributed by atoms with Crippen molar-refractivity contribution in [2.45, 2.75) is 64.3 Å². The van der Waals surface area contributed by atoms with Crippen molar-refractivity contribution in [3.63, 3.8) is 0 Å². The van der Waals surface area contributed by atoms with Crippen molar-refractivity contribution in [3.05, 3.63) is 29.8 Å². The quantitative estimate of drug-likeness (QED) is 0.550. The molecule has 0 aliphatic rings. The van der Waals surface area contributed by atoms with Crippen LogP contribution >= 0.6 is 12.4 Å². The lowest BCUT2D eigenvalue weighted by Gasteiger charge is -2.11. The molecule has 0 heterocycles. The molecule has 4 heteroatoms. The monoisotopic (exact) mass is 329 g/mol. The van der Waals surface area contributed by atoms with Crippen LogP contribution in [0.15, 0.2) is 24.3 Å². The number of ether oxygens (including phenoxy) is 1. The lowest BCUT2D eigenvalue weighted by atomic mass is 10.1. The molecule has 1 unspecified atom stereocenters. The summed E-state index contributed by atoms with van der Waals surface area (Å²) >= 11 is 0. The van der Waals surface area contributed by atoms with Gasteiger partial charge >= 0.3 is 0 Å². The minimum Gasteiger partial charge on any atom is -0.494 e. The molecule has 0 bridgehead atoms.